The topological polar surface area (TPSA) is 120 Å². The van der Waals surface area contributed by atoms with Crippen molar-refractivity contribution < 1.29 is 9.26 Å². The number of nitrogens with zero attached hydrogens (tertiary/aromatic N) is 6. The van der Waals surface area contributed by atoms with Crippen molar-refractivity contribution in [2.75, 3.05) is 12.4 Å². The summed E-state index contributed by atoms with van der Waals surface area (Å²) in [5.74, 6) is 3.45. The maximum atomic E-state index is 5.70. The van der Waals surface area contributed by atoms with E-state index in [4.69, 9.17) is 14.2 Å². The number of pyridine rings is 1. The molecule has 0 aromatic carbocycles. The smallest absolute Gasteiger partial charge is 0.146 e. The number of hydrogen-bond acceptors (Lipinski definition) is 8. The van der Waals surface area contributed by atoms with Crippen LogP contribution >= 0.6 is 0 Å². The summed E-state index contributed by atoms with van der Waals surface area (Å²) in [6, 6.07) is 4.05. The van der Waals surface area contributed by atoms with Gasteiger partial charge < -0.3 is 19.6 Å². The number of hydrogen-bond donors (Lipinski definition) is 2. The molecule has 10 heteroatoms. The molecule has 1 aliphatic rings. The molecule has 1 fully saturated rings. The summed E-state index contributed by atoms with van der Waals surface area (Å²) < 4.78 is 12.9. The van der Waals surface area contributed by atoms with Crippen LogP contribution < -0.4 is 10.1 Å². The number of aryl methyl sites for hydroxylation is 3. The molecule has 2 N–H and O–H groups in total. The summed E-state index contributed by atoms with van der Waals surface area (Å²) >= 11 is 0. The molecule has 5 heterocycles. The van der Waals surface area contributed by atoms with Crippen molar-refractivity contribution >= 4 is 33.7 Å². The number of rotatable bonds is 5. The van der Waals surface area contributed by atoms with Gasteiger partial charge in [0.25, 0.3) is 0 Å². The number of H-pyrrole nitrogens is 1. The van der Waals surface area contributed by atoms with Crippen molar-refractivity contribution in [3.05, 3.63) is 35.6 Å². The second-order valence-corrected chi connectivity index (χ2v) is 8.18. The highest BCUT2D eigenvalue weighted by Crippen LogP contribution is 2.41. The summed E-state index contributed by atoms with van der Waals surface area (Å²) in [6.07, 6.45) is 3.94. The van der Waals surface area contributed by atoms with Crippen LogP contribution in [0.1, 0.15) is 35.9 Å². The quantitative estimate of drug-likeness (QED) is 0.427. The fourth-order valence-corrected chi connectivity index (χ4v) is 4.19. The summed E-state index contributed by atoms with van der Waals surface area (Å²) in [6.45, 7) is 3.75. The minimum absolute atomic E-state index is 0.575. The van der Waals surface area contributed by atoms with Crippen molar-refractivity contribution in [1.82, 2.24) is 34.9 Å². The molecule has 0 aliphatic heterocycles. The van der Waals surface area contributed by atoms with Crippen molar-refractivity contribution in [3.8, 4) is 17.0 Å². The number of nitrogens with one attached hydrogen (secondary N) is 2. The van der Waals surface area contributed by atoms with E-state index in [1.165, 1.54) is 19.2 Å². The van der Waals surface area contributed by atoms with Gasteiger partial charge in [0.05, 0.1) is 29.4 Å². The van der Waals surface area contributed by atoms with E-state index in [2.05, 4.69) is 36.6 Å². The second kappa shape index (κ2) is 6.78. The van der Waals surface area contributed by atoms with E-state index < -0.39 is 0 Å². The van der Waals surface area contributed by atoms with Gasteiger partial charge in [-0.1, -0.05) is 5.16 Å². The van der Waals surface area contributed by atoms with Crippen LogP contribution in [0.2, 0.25) is 0 Å². The molecule has 1 saturated carbocycles. The SMILES string of the molecule is COc1cc2c(nc1-c1c(C)noc1C)[nH]c1ncnc(Nc3cc(C4CC4)nn3C)c12. The van der Waals surface area contributed by atoms with Gasteiger partial charge in [-0.25, -0.2) is 15.0 Å². The first-order valence-corrected chi connectivity index (χ1v) is 10.5. The maximum absolute atomic E-state index is 5.70. The van der Waals surface area contributed by atoms with E-state index >= 15 is 0 Å². The fourth-order valence-electron chi connectivity index (χ4n) is 4.19. The Bertz CT molecular complexity index is 1470. The third-order valence-electron chi connectivity index (χ3n) is 5.97. The molecular formula is C22H22N8O2. The highest BCUT2D eigenvalue weighted by atomic mass is 16.5. The first-order valence-electron chi connectivity index (χ1n) is 10.5. The van der Waals surface area contributed by atoms with Crippen LogP contribution in [0.15, 0.2) is 23.0 Å². The number of anilines is 2. The molecule has 0 amide bonds. The van der Waals surface area contributed by atoms with Gasteiger partial charge in [0, 0.05) is 24.4 Å². The van der Waals surface area contributed by atoms with Crippen molar-refractivity contribution in [2.24, 2.45) is 7.05 Å². The predicted octanol–water partition coefficient (Wildman–Crippen LogP) is 4.14. The van der Waals surface area contributed by atoms with E-state index in [1.807, 2.05) is 31.6 Å². The molecule has 6 rings (SSSR count). The Kier molecular flexibility index (Phi) is 3.98. The average Bonchev–Trinajstić information content (AvgIpc) is 3.37. The van der Waals surface area contributed by atoms with Crippen LogP contribution in [-0.4, -0.2) is 42.0 Å². The molecule has 0 unspecified atom stereocenters. The number of fused-ring (bicyclic) bond motifs is 3. The summed E-state index contributed by atoms with van der Waals surface area (Å²) in [5, 5.41) is 13.8. The van der Waals surface area contributed by atoms with Gasteiger partial charge in [-0.3, -0.25) is 4.68 Å². The van der Waals surface area contributed by atoms with Crippen LogP contribution in [0.25, 0.3) is 33.3 Å². The van der Waals surface area contributed by atoms with E-state index in [9.17, 15) is 0 Å². The summed E-state index contributed by atoms with van der Waals surface area (Å²) in [7, 11) is 3.56. The largest absolute Gasteiger partial charge is 0.494 e. The normalized spacial score (nSPS) is 13.9. The average molecular weight is 430 g/mol. The van der Waals surface area contributed by atoms with Gasteiger partial charge in [0.15, 0.2) is 0 Å². The number of aromatic amines is 1. The molecule has 162 valence electrons. The van der Waals surface area contributed by atoms with Gasteiger partial charge >= 0.3 is 0 Å². The molecule has 0 atom stereocenters. The van der Waals surface area contributed by atoms with Crippen LogP contribution in [0.4, 0.5) is 11.6 Å². The Balaban J connectivity index is 1.52. The monoisotopic (exact) mass is 430 g/mol. The second-order valence-electron chi connectivity index (χ2n) is 8.18. The molecular weight excluding hydrogens is 408 g/mol. The molecule has 5 aromatic rings. The maximum Gasteiger partial charge on any atom is 0.146 e. The Hall–Kier alpha value is -3.95. The lowest BCUT2D eigenvalue weighted by Crippen LogP contribution is -2.01. The lowest BCUT2D eigenvalue weighted by Gasteiger charge is -2.09. The van der Waals surface area contributed by atoms with Crippen molar-refractivity contribution in [3.63, 3.8) is 0 Å². The van der Waals surface area contributed by atoms with Gasteiger partial charge in [-0.05, 0) is 32.8 Å². The predicted molar refractivity (Wildman–Crippen MR) is 119 cm³/mol. The molecule has 10 nitrogen and oxygen atoms in total. The standard InChI is InChI=1S/C22H22N8O2/c1-10-17(11(2)32-29-10)19-15(31-4)7-13-18-21(23-9-24-22(18)27-20(13)26-19)25-16-8-14(12-5-6-12)28-30(16)3/h7-9,12H,5-6H2,1-4H3,(H2,23,24,25,26,27). The van der Waals surface area contributed by atoms with E-state index in [1.54, 1.807) is 7.11 Å². The first kappa shape index (κ1) is 18.8. The molecule has 0 saturated heterocycles. The molecule has 32 heavy (non-hydrogen) atoms. The van der Waals surface area contributed by atoms with Crippen LogP contribution in [0, 0.1) is 13.8 Å². The van der Waals surface area contributed by atoms with Crippen molar-refractivity contribution in [1.29, 1.82) is 0 Å². The minimum atomic E-state index is 0.575. The molecule has 5 aromatic heterocycles. The summed E-state index contributed by atoms with van der Waals surface area (Å²) in [4.78, 5) is 17.1. The van der Waals surface area contributed by atoms with Gasteiger partial charge in [0.2, 0.25) is 0 Å². The van der Waals surface area contributed by atoms with E-state index in [0.717, 1.165) is 33.5 Å². The number of methoxy groups -OCH3 is 1. The van der Waals surface area contributed by atoms with Crippen LogP contribution in [-0.2, 0) is 7.05 Å². The Morgan fingerprint density at radius 1 is 1.19 bits per heavy atom. The molecule has 0 radical (unpaired) electrons. The van der Waals surface area contributed by atoms with Gasteiger partial charge in [-0.15, -0.1) is 0 Å². The van der Waals surface area contributed by atoms with E-state index in [-0.39, 0.29) is 0 Å². The zero-order chi connectivity index (χ0) is 22.0. The highest BCUT2D eigenvalue weighted by Gasteiger charge is 2.27. The van der Waals surface area contributed by atoms with Crippen LogP contribution in [0.5, 0.6) is 5.75 Å². The third-order valence-corrected chi connectivity index (χ3v) is 5.97. The van der Waals surface area contributed by atoms with Gasteiger partial charge in [0.1, 0.15) is 46.5 Å². The lowest BCUT2D eigenvalue weighted by atomic mass is 10.1. The highest BCUT2D eigenvalue weighted by molar-refractivity contribution is 6.11. The zero-order valence-electron chi connectivity index (χ0n) is 18.2. The molecule has 0 spiro atoms. The zero-order valence-corrected chi connectivity index (χ0v) is 18.2. The Morgan fingerprint density at radius 3 is 2.75 bits per heavy atom. The first-order chi connectivity index (χ1) is 15.5. The van der Waals surface area contributed by atoms with Crippen molar-refractivity contribution in [2.45, 2.75) is 32.6 Å². The van der Waals surface area contributed by atoms with Crippen LogP contribution in [0.3, 0.4) is 0 Å². The fraction of sp³-hybridized carbons (Fsp3) is 0.318. The number of ether oxygens (including phenoxy) is 1. The summed E-state index contributed by atoms with van der Waals surface area (Å²) in [5.41, 5.74) is 4.75. The number of aromatic nitrogens is 7. The minimum Gasteiger partial charge on any atom is -0.494 e. The lowest BCUT2D eigenvalue weighted by molar-refractivity contribution is 0.393. The molecule has 1 aliphatic carbocycles. The van der Waals surface area contributed by atoms with E-state index in [0.29, 0.717) is 40.2 Å². The Morgan fingerprint density at radius 2 is 2.03 bits per heavy atom. The van der Waals surface area contributed by atoms with Gasteiger partial charge in [-0.2, -0.15) is 5.10 Å². The Labute approximate surface area is 183 Å². The molecule has 0 bridgehead atoms. The third kappa shape index (κ3) is 2.83.